The van der Waals surface area contributed by atoms with Gasteiger partial charge in [0.2, 0.25) is 0 Å². The molecule has 3 N–H and O–H groups in total. The van der Waals surface area contributed by atoms with Crippen LogP contribution in [0.1, 0.15) is 22.3 Å². The van der Waals surface area contributed by atoms with Crippen LogP contribution in [-0.4, -0.2) is 48.3 Å². The predicted octanol–water partition coefficient (Wildman–Crippen LogP) is 2.54. The molecule has 138 valence electrons. The van der Waals surface area contributed by atoms with Gasteiger partial charge < -0.3 is 15.7 Å². The number of fused-ring (bicyclic) bond motifs is 1. The smallest absolute Gasteiger partial charge is 0.0739 e. The van der Waals surface area contributed by atoms with Crippen molar-refractivity contribution < 1.29 is 5.11 Å². The number of piperazine rings is 1. The number of hydrogen-bond acceptors (Lipinski definition) is 4. The van der Waals surface area contributed by atoms with Gasteiger partial charge in [0.25, 0.3) is 0 Å². The van der Waals surface area contributed by atoms with E-state index >= 15 is 0 Å². The van der Waals surface area contributed by atoms with E-state index in [4.69, 9.17) is 5.73 Å². The number of anilines is 2. The molecule has 0 amide bonds. The summed E-state index contributed by atoms with van der Waals surface area (Å²) in [6, 6.07) is 12.9. The van der Waals surface area contributed by atoms with Gasteiger partial charge in [0.1, 0.15) is 0 Å². The van der Waals surface area contributed by atoms with Crippen LogP contribution < -0.4 is 10.6 Å². The number of aliphatic hydroxyl groups excluding tert-OH is 1. The molecule has 1 heterocycles. The third kappa shape index (κ3) is 3.19. The molecule has 4 nitrogen and oxygen atoms in total. The Bertz CT molecular complexity index is 796. The van der Waals surface area contributed by atoms with E-state index in [1.165, 1.54) is 22.3 Å². The molecule has 0 saturated carbocycles. The lowest BCUT2D eigenvalue weighted by Gasteiger charge is -2.44. The Morgan fingerprint density at radius 3 is 2.54 bits per heavy atom. The van der Waals surface area contributed by atoms with Crippen molar-refractivity contribution in [1.29, 1.82) is 0 Å². The molecule has 2 aliphatic rings. The highest BCUT2D eigenvalue weighted by atomic mass is 16.3. The van der Waals surface area contributed by atoms with Crippen molar-refractivity contribution >= 4 is 11.4 Å². The third-order valence-electron chi connectivity index (χ3n) is 6.10. The molecule has 1 aliphatic carbocycles. The van der Waals surface area contributed by atoms with Gasteiger partial charge in [0, 0.05) is 38.6 Å². The first-order valence-corrected chi connectivity index (χ1v) is 9.63. The minimum atomic E-state index is -0.278. The largest absolute Gasteiger partial charge is 0.397 e. The lowest BCUT2D eigenvalue weighted by molar-refractivity contribution is 0.0394. The van der Waals surface area contributed by atoms with E-state index in [1.54, 1.807) is 0 Å². The maximum absolute atomic E-state index is 10.7. The molecule has 0 spiro atoms. The first-order chi connectivity index (χ1) is 12.5. The van der Waals surface area contributed by atoms with Crippen LogP contribution in [0.2, 0.25) is 0 Å². The number of rotatable bonds is 2. The number of hydrogen-bond donors (Lipinski definition) is 2. The van der Waals surface area contributed by atoms with E-state index < -0.39 is 0 Å². The van der Waals surface area contributed by atoms with Gasteiger partial charge in [-0.05, 0) is 54.7 Å². The third-order valence-corrected chi connectivity index (χ3v) is 6.10. The second kappa shape index (κ2) is 6.93. The standard InChI is InChI=1S/C22H29N3O/c1-15-6-7-19(23)20(12-15)24-8-10-25(11-9-24)21-14-18-16(2)4-3-5-17(18)13-22(21)26/h3-7,12,21-22,26H,8-11,13-14,23H2,1-2H3. The van der Waals surface area contributed by atoms with Crippen molar-refractivity contribution in [3.05, 3.63) is 58.7 Å². The van der Waals surface area contributed by atoms with Crippen molar-refractivity contribution in [3.63, 3.8) is 0 Å². The van der Waals surface area contributed by atoms with Crippen LogP contribution in [0.15, 0.2) is 36.4 Å². The Labute approximate surface area is 156 Å². The Morgan fingerprint density at radius 2 is 1.77 bits per heavy atom. The van der Waals surface area contributed by atoms with Crippen LogP contribution in [0.25, 0.3) is 0 Å². The van der Waals surface area contributed by atoms with E-state index in [0.29, 0.717) is 0 Å². The first-order valence-electron chi connectivity index (χ1n) is 9.63. The second-order valence-electron chi connectivity index (χ2n) is 7.84. The van der Waals surface area contributed by atoms with Gasteiger partial charge in [0.15, 0.2) is 0 Å². The van der Waals surface area contributed by atoms with Gasteiger partial charge >= 0.3 is 0 Å². The molecule has 2 atom stereocenters. The number of nitrogens with zero attached hydrogens (tertiary/aromatic N) is 2. The molecular weight excluding hydrogens is 322 g/mol. The fraction of sp³-hybridized carbons (Fsp3) is 0.455. The number of nitrogen functional groups attached to an aromatic ring is 1. The molecule has 4 heteroatoms. The summed E-state index contributed by atoms with van der Waals surface area (Å²) in [6.07, 6.45) is 1.45. The highest BCUT2D eigenvalue weighted by molar-refractivity contribution is 5.68. The molecule has 0 radical (unpaired) electrons. The average Bonchev–Trinajstić information content (AvgIpc) is 2.64. The van der Waals surface area contributed by atoms with E-state index in [1.807, 2.05) is 6.07 Å². The average molecular weight is 351 g/mol. The van der Waals surface area contributed by atoms with Gasteiger partial charge in [-0.2, -0.15) is 0 Å². The zero-order valence-electron chi connectivity index (χ0n) is 15.8. The highest BCUT2D eigenvalue weighted by Crippen LogP contribution is 2.30. The monoisotopic (exact) mass is 351 g/mol. The number of aryl methyl sites for hydroxylation is 2. The summed E-state index contributed by atoms with van der Waals surface area (Å²) in [5.74, 6) is 0. The summed E-state index contributed by atoms with van der Waals surface area (Å²) in [5.41, 5.74) is 13.5. The molecule has 26 heavy (non-hydrogen) atoms. The quantitative estimate of drug-likeness (QED) is 0.817. The topological polar surface area (TPSA) is 52.7 Å². The number of nitrogens with two attached hydrogens (primary N) is 1. The van der Waals surface area contributed by atoms with Gasteiger partial charge in [-0.3, -0.25) is 4.90 Å². The minimum Gasteiger partial charge on any atom is -0.397 e. The highest BCUT2D eigenvalue weighted by Gasteiger charge is 2.34. The Kier molecular flexibility index (Phi) is 4.63. The molecule has 0 aromatic heterocycles. The van der Waals surface area contributed by atoms with Crippen molar-refractivity contribution in [3.8, 4) is 0 Å². The lowest BCUT2D eigenvalue weighted by Crippen LogP contribution is -2.56. The van der Waals surface area contributed by atoms with Gasteiger partial charge in [0.05, 0.1) is 17.5 Å². The molecule has 1 aliphatic heterocycles. The summed E-state index contributed by atoms with van der Waals surface area (Å²) < 4.78 is 0. The zero-order valence-corrected chi connectivity index (χ0v) is 15.8. The Morgan fingerprint density at radius 1 is 1.00 bits per heavy atom. The van der Waals surface area contributed by atoms with Crippen LogP contribution in [0, 0.1) is 13.8 Å². The van der Waals surface area contributed by atoms with Crippen molar-refractivity contribution in [2.24, 2.45) is 0 Å². The van der Waals surface area contributed by atoms with Crippen LogP contribution in [0.5, 0.6) is 0 Å². The summed E-state index contributed by atoms with van der Waals surface area (Å²) >= 11 is 0. The fourth-order valence-corrected chi connectivity index (χ4v) is 4.55. The van der Waals surface area contributed by atoms with Crippen LogP contribution >= 0.6 is 0 Å². The van der Waals surface area contributed by atoms with Crippen LogP contribution in [-0.2, 0) is 12.8 Å². The SMILES string of the molecule is Cc1ccc(N)c(N2CCN(C3Cc4c(C)cccc4CC3O)CC2)c1. The van der Waals surface area contributed by atoms with Crippen molar-refractivity contribution in [1.82, 2.24) is 4.90 Å². The molecule has 2 unspecified atom stereocenters. The van der Waals surface area contributed by atoms with Gasteiger partial charge in [-0.25, -0.2) is 0 Å². The fourth-order valence-electron chi connectivity index (χ4n) is 4.55. The van der Waals surface area contributed by atoms with Gasteiger partial charge in [-0.1, -0.05) is 24.3 Å². The van der Waals surface area contributed by atoms with E-state index in [0.717, 1.165) is 50.4 Å². The summed E-state index contributed by atoms with van der Waals surface area (Å²) in [4.78, 5) is 4.86. The van der Waals surface area contributed by atoms with Crippen molar-refractivity contribution in [2.45, 2.75) is 38.8 Å². The predicted molar refractivity (Wildman–Crippen MR) is 108 cm³/mol. The lowest BCUT2D eigenvalue weighted by atomic mass is 9.83. The van der Waals surface area contributed by atoms with Crippen LogP contribution in [0.4, 0.5) is 11.4 Å². The molecule has 0 bridgehead atoms. The van der Waals surface area contributed by atoms with E-state index in [9.17, 15) is 5.11 Å². The van der Waals surface area contributed by atoms with Crippen molar-refractivity contribution in [2.75, 3.05) is 36.8 Å². The summed E-state index contributed by atoms with van der Waals surface area (Å²) in [7, 11) is 0. The Balaban J connectivity index is 1.46. The first kappa shape index (κ1) is 17.4. The summed E-state index contributed by atoms with van der Waals surface area (Å²) in [5, 5.41) is 10.7. The van der Waals surface area contributed by atoms with Crippen LogP contribution in [0.3, 0.4) is 0 Å². The number of benzene rings is 2. The molecule has 2 aromatic carbocycles. The number of aliphatic hydroxyl groups is 1. The molecule has 4 rings (SSSR count). The van der Waals surface area contributed by atoms with E-state index in [2.05, 4.69) is 54.0 Å². The molecule has 1 fully saturated rings. The molecule has 1 saturated heterocycles. The molecule has 2 aromatic rings. The van der Waals surface area contributed by atoms with E-state index in [-0.39, 0.29) is 12.1 Å². The van der Waals surface area contributed by atoms with Gasteiger partial charge in [-0.15, -0.1) is 0 Å². The maximum Gasteiger partial charge on any atom is 0.0739 e. The maximum atomic E-state index is 10.7. The molecular formula is C22H29N3O. The second-order valence-corrected chi connectivity index (χ2v) is 7.84. The minimum absolute atomic E-state index is 0.223. The Hall–Kier alpha value is -2.04. The summed E-state index contributed by atoms with van der Waals surface area (Å²) in [6.45, 7) is 8.14. The zero-order chi connectivity index (χ0) is 18.3. The normalized spacial score (nSPS) is 23.7.